The van der Waals surface area contributed by atoms with Gasteiger partial charge in [-0.3, -0.25) is 14.9 Å². The van der Waals surface area contributed by atoms with E-state index in [0.29, 0.717) is 13.2 Å². The van der Waals surface area contributed by atoms with Crippen molar-refractivity contribution in [2.24, 2.45) is 0 Å². The number of nitro benzene ring substituents is 1. The highest BCUT2D eigenvalue weighted by Gasteiger charge is 2.26. The van der Waals surface area contributed by atoms with Crippen molar-refractivity contribution in [3.05, 3.63) is 64.2 Å². The minimum Gasteiger partial charge on any atom is -0.379 e. The van der Waals surface area contributed by atoms with E-state index in [2.05, 4.69) is 5.32 Å². The Labute approximate surface area is 155 Å². The maximum Gasteiger partial charge on any atom is 0.292 e. The molecule has 1 heterocycles. The Morgan fingerprint density at radius 2 is 1.70 bits per heavy atom. The van der Waals surface area contributed by atoms with Crippen LogP contribution in [0.5, 0.6) is 0 Å². The van der Waals surface area contributed by atoms with Gasteiger partial charge in [-0.2, -0.15) is 4.31 Å². The lowest BCUT2D eigenvalue weighted by Gasteiger charge is -2.26. The van der Waals surface area contributed by atoms with Gasteiger partial charge in [0.1, 0.15) is 5.69 Å². The van der Waals surface area contributed by atoms with Crippen LogP contribution >= 0.6 is 0 Å². The third kappa shape index (κ3) is 4.13. The number of benzene rings is 2. The number of carbonyl (C=O) groups excluding carboxylic acids is 1. The molecule has 10 heteroatoms. The molecule has 1 amide bonds. The van der Waals surface area contributed by atoms with E-state index in [1.807, 2.05) is 0 Å². The first-order valence-corrected chi connectivity index (χ1v) is 9.56. The molecular weight excluding hydrogens is 374 g/mol. The van der Waals surface area contributed by atoms with E-state index in [0.717, 1.165) is 0 Å². The Balaban J connectivity index is 1.77. The van der Waals surface area contributed by atoms with E-state index in [-0.39, 0.29) is 34.9 Å². The maximum atomic E-state index is 12.6. The van der Waals surface area contributed by atoms with Crippen molar-refractivity contribution in [1.29, 1.82) is 0 Å². The fourth-order valence-corrected chi connectivity index (χ4v) is 4.06. The van der Waals surface area contributed by atoms with Crippen molar-refractivity contribution in [3.8, 4) is 0 Å². The van der Waals surface area contributed by atoms with E-state index in [1.54, 1.807) is 6.07 Å². The van der Waals surface area contributed by atoms with Crippen LogP contribution in [-0.2, 0) is 14.8 Å². The Morgan fingerprint density at radius 3 is 2.33 bits per heavy atom. The standard InChI is InChI=1S/C17H17N3O6S/c21-17(18-15-3-1-2-4-16(15)20(22)23)13-5-7-14(8-6-13)27(24,25)19-9-11-26-12-10-19/h1-8H,9-12H2,(H,18,21). The lowest BCUT2D eigenvalue weighted by molar-refractivity contribution is -0.383. The monoisotopic (exact) mass is 391 g/mol. The molecule has 9 nitrogen and oxygen atoms in total. The second-order valence-corrected chi connectivity index (χ2v) is 7.71. The predicted molar refractivity (Wildman–Crippen MR) is 97.1 cm³/mol. The number of para-hydroxylation sites is 2. The number of nitrogens with zero attached hydrogens (tertiary/aromatic N) is 2. The average Bonchev–Trinajstić information content (AvgIpc) is 2.69. The molecule has 0 spiro atoms. The number of sulfonamides is 1. The number of anilines is 1. The molecule has 0 atom stereocenters. The van der Waals surface area contributed by atoms with Crippen molar-refractivity contribution < 1.29 is 22.9 Å². The summed E-state index contributed by atoms with van der Waals surface area (Å²) < 4.78 is 31.6. The molecule has 0 aliphatic carbocycles. The first kappa shape index (κ1) is 19.0. The minimum atomic E-state index is -3.65. The molecule has 3 rings (SSSR count). The number of amides is 1. The van der Waals surface area contributed by atoms with Crippen LogP contribution in [0.1, 0.15) is 10.4 Å². The quantitative estimate of drug-likeness (QED) is 0.614. The van der Waals surface area contributed by atoms with Crippen LogP contribution in [0, 0.1) is 10.1 Å². The molecule has 1 aliphatic rings. The molecule has 0 aromatic heterocycles. The largest absolute Gasteiger partial charge is 0.379 e. The molecule has 0 unspecified atom stereocenters. The summed E-state index contributed by atoms with van der Waals surface area (Å²) in [7, 11) is -3.65. The van der Waals surface area contributed by atoms with Gasteiger partial charge in [0.2, 0.25) is 10.0 Å². The van der Waals surface area contributed by atoms with Gasteiger partial charge in [-0.05, 0) is 30.3 Å². The van der Waals surface area contributed by atoms with Crippen LogP contribution in [0.25, 0.3) is 0 Å². The predicted octanol–water partition coefficient (Wildman–Crippen LogP) is 1.87. The molecule has 0 bridgehead atoms. The summed E-state index contributed by atoms with van der Waals surface area (Å²) in [5.74, 6) is -0.570. The van der Waals surface area contributed by atoms with Gasteiger partial charge in [0.05, 0.1) is 23.0 Å². The van der Waals surface area contributed by atoms with E-state index in [9.17, 15) is 23.3 Å². The van der Waals surface area contributed by atoms with Crippen molar-refractivity contribution in [3.63, 3.8) is 0 Å². The number of nitrogens with one attached hydrogen (secondary N) is 1. The number of rotatable bonds is 5. The molecule has 27 heavy (non-hydrogen) atoms. The molecule has 1 fully saturated rings. The second-order valence-electron chi connectivity index (χ2n) is 5.77. The molecule has 142 valence electrons. The van der Waals surface area contributed by atoms with Crippen LogP contribution in [0.15, 0.2) is 53.4 Å². The number of hydrogen-bond acceptors (Lipinski definition) is 6. The summed E-state index contributed by atoms with van der Waals surface area (Å²) in [6.45, 7) is 1.25. The molecule has 1 aliphatic heterocycles. The van der Waals surface area contributed by atoms with E-state index in [1.165, 1.54) is 46.8 Å². The second kappa shape index (κ2) is 7.82. The Hall–Kier alpha value is -2.82. The summed E-state index contributed by atoms with van der Waals surface area (Å²) in [6, 6.07) is 11.2. The number of hydrogen-bond donors (Lipinski definition) is 1. The topological polar surface area (TPSA) is 119 Å². The van der Waals surface area contributed by atoms with Crippen molar-refractivity contribution in [2.75, 3.05) is 31.6 Å². The van der Waals surface area contributed by atoms with Gasteiger partial charge < -0.3 is 10.1 Å². The normalized spacial score (nSPS) is 15.3. The van der Waals surface area contributed by atoms with Gasteiger partial charge in [-0.25, -0.2) is 8.42 Å². The summed E-state index contributed by atoms with van der Waals surface area (Å²) in [6.07, 6.45) is 0. The SMILES string of the molecule is O=C(Nc1ccccc1[N+](=O)[O-])c1ccc(S(=O)(=O)N2CCOCC2)cc1. The van der Waals surface area contributed by atoms with Crippen molar-refractivity contribution >= 4 is 27.3 Å². The summed E-state index contributed by atoms with van der Waals surface area (Å²) >= 11 is 0. The van der Waals surface area contributed by atoms with Crippen LogP contribution < -0.4 is 5.32 Å². The van der Waals surface area contributed by atoms with Crippen LogP contribution in [0.4, 0.5) is 11.4 Å². The fourth-order valence-electron chi connectivity index (χ4n) is 2.65. The van der Waals surface area contributed by atoms with E-state index >= 15 is 0 Å². The lowest BCUT2D eigenvalue weighted by Crippen LogP contribution is -2.40. The number of nitro groups is 1. The molecular formula is C17H17N3O6S. The molecule has 0 radical (unpaired) electrons. The van der Waals surface area contributed by atoms with Gasteiger partial charge in [0.15, 0.2) is 0 Å². The number of carbonyl (C=O) groups is 1. The molecule has 0 saturated carbocycles. The Kier molecular flexibility index (Phi) is 5.49. The lowest BCUT2D eigenvalue weighted by atomic mass is 10.2. The third-order valence-electron chi connectivity index (χ3n) is 4.07. The zero-order valence-electron chi connectivity index (χ0n) is 14.2. The zero-order valence-corrected chi connectivity index (χ0v) is 15.0. The molecule has 1 N–H and O–H groups in total. The zero-order chi connectivity index (χ0) is 19.4. The average molecular weight is 391 g/mol. The van der Waals surface area contributed by atoms with Gasteiger partial charge in [0, 0.05) is 24.7 Å². The van der Waals surface area contributed by atoms with E-state index in [4.69, 9.17) is 4.74 Å². The fraction of sp³-hybridized carbons (Fsp3) is 0.235. The molecule has 2 aromatic rings. The van der Waals surface area contributed by atoms with E-state index < -0.39 is 20.9 Å². The smallest absolute Gasteiger partial charge is 0.292 e. The molecule has 1 saturated heterocycles. The van der Waals surface area contributed by atoms with Gasteiger partial charge in [0.25, 0.3) is 11.6 Å². The highest BCUT2D eigenvalue weighted by molar-refractivity contribution is 7.89. The summed E-state index contributed by atoms with van der Waals surface area (Å²) in [5, 5.41) is 13.5. The van der Waals surface area contributed by atoms with Crippen molar-refractivity contribution in [1.82, 2.24) is 4.31 Å². The Bertz CT molecular complexity index is 953. The molecule has 2 aromatic carbocycles. The van der Waals surface area contributed by atoms with Gasteiger partial charge >= 0.3 is 0 Å². The van der Waals surface area contributed by atoms with Gasteiger partial charge in [-0.15, -0.1) is 0 Å². The van der Waals surface area contributed by atoms with Crippen LogP contribution in [0.3, 0.4) is 0 Å². The maximum absolute atomic E-state index is 12.6. The third-order valence-corrected chi connectivity index (χ3v) is 5.99. The number of ether oxygens (including phenoxy) is 1. The van der Waals surface area contributed by atoms with Crippen LogP contribution in [-0.4, -0.2) is 49.9 Å². The van der Waals surface area contributed by atoms with Gasteiger partial charge in [-0.1, -0.05) is 12.1 Å². The highest BCUT2D eigenvalue weighted by Crippen LogP contribution is 2.24. The first-order valence-electron chi connectivity index (χ1n) is 8.12. The summed E-state index contributed by atoms with van der Waals surface area (Å²) in [5.41, 5.74) is 0.0314. The summed E-state index contributed by atoms with van der Waals surface area (Å²) in [4.78, 5) is 22.8. The number of morpholine rings is 1. The minimum absolute atomic E-state index is 0.0671. The first-order chi connectivity index (χ1) is 12.9. The van der Waals surface area contributed by atoms with Crippen LogP contribution in [0.2, 0.25) is 0 Å². The van der Waals surface area contributed by atoms with Crippen molar-refractivity contribution in [2.45, 2.75) is 4.90 Å². The highest BCUT2D eigenvalue weighted by atomic mass is 32.2. The Morgan fingerprint density at radius 1 is 1.07 bits per heavy atom.